The Labute approximate surface area is 159 Å². The van der Waals surface area contributed by atoms with Gasteiger partial charge in [-0.1, -0.05) is 0 Å². The van der Waals surface area contributed by atoms with Crippen LogP contribution in [0.15, 0.2) is 42.7 Å². The van der Waals surface area contributed by atoms with E-state index in [0.717, 1.165) is 41.2 Å². The first-order valence-electron chi connectivity index (χ1n) is 9.39. The highest BCUT2D eigenvalue weighted by Crippen LogP contribution is 2.31. The van der Waals surface area contributed by atoms with Crippen molar-refractivity contribution in [1.82, 2.24) is 14.8 Å². The summed E-state index contributed by atoms with van der Waals surface area (Å²) in [5, 5.41) is 15.8. The van der Waals surface area contributed by atoms with Gasteiger partial charge < -0.3 is 14.7 Å². The van der Waals surface area contributed by atoms with E-state index >= 15 is 0 Å². The molecule has 3 aromatic rings. The van der Waals surface area contributed by atoms with E-state index < -0.39 is 5.60 Å². The Morgan fingerprint density at radius 2 is 1.96 bits per heavy atom. The van der Waals surface area contributed by atoms with Gasteiger partial charge in [-0.15, -0.1) is 0 Å². The van der Waals surface area contributed by atoms with Crippen LogP contribution in [0.2, 0.25) is 0 Å². The van der Waals surface area contributed by atoms with Gasteiger partial charge in [-0.3, -0.25) is 0 Å². The van der Waals surface area contributed by atoms with E-state index in [1.165, 1.54) is 0 Å². The highest BCUT2D eigenvalue weighted by molar-refractivity contribution is 5.81. The molecule has 0 radical (unpaired) electrons. The fourth-order valence-electron chi connectivity index (χ4n) is 3.37. The van der Waals surface area contributed by atoms with Gasteiger partial charge in [0.15, 0.2) is 0 Å². The Kier molecular flexibility index (Phi) is 4.30. The molecule has 0 atom stereocenters. The number of ether oxygens (including phenoxy) is 1. The third kappa shape index (κ3) is 3.49. The van der Waals surface area contributed by atoms with Crippen LogP contribution < -0.4 is 9.64 Å². The second-order valence-electron chi connectivity index (χ2n) is 8.07. The van der Waals surface area contributed by atoms with Crippen LogP contribution in [0.25, 0.3) is 16.6 Å². The summed E-state index contributed by atoms with van der Waals surface area (Å²) in [6.45, 7) is 9.39. The standard InChI is InChI=1S/C21H26N4O2/c1-14(2)27-18-6-5-15-11-23-25(19(15)10-18)17-7-8-22-20(9-17)24-12-16(13-24)21(3,4)26/h5-11,14,16,26H,12-13H2,1-4H3. The smallest absolute Gasteiger partial charge is 0.130 e. The van der Waals surface area contributed by atoms with Crippen LogP contribution in [0.1, 0.15) is 27.7 Å². The lowest BCUT2D eigenvalue weighted by atomic mass is 9.84. The molecule has 1 aliphatic rings. The van der Waals surface area contributed by atoms with Crippen molar-refractivity contribution in [2.45, 2.75) is 39.4 Å². The number of rotatable bonds is 5. The monoisotopic (exact) mass is 366 g/mol. The molecule has 0 bridgehead atoms. The van der Waals surface area contributed by atoms with Gasteiger partial charge in [0.25, 0.3) is 0 Å². The Bertz CT molecular complexity index is 952. The highest BCUT2D eigenvalue weighted by Gasteiger charge is 2.38. The molecule has 142 valence electrons. The average molecular weight is 366 g/mol. The van der Waals surface area contributed by atoms with Crippen LogP contribution in [-0.2, 0) is 0 Å². The van der Waals surface area contributed by atoms with Crippen LogP contribution in [-0.4, -0.2) is 44.7 Å². The van der Waals surface area contributed by atoms with Crippen molar-refractivity contribution in [1.29, 1.82) is 0 Å². The van der Waals surface area contributed by atoms with Gasteiger partial charge in [0, 0.05) is 42.7 Å². The van der Waals surface area contributed by atoms with E-state index in [2.05, 4.69) is 15.0 Å². The molecule has 0 amide bonds. The average Bonchev–Trinajstić information content (AvgIpc) is 2.95. The highest BCUT2D eigenvalue weighted by atomic mass is 16.5. The molecular formula is C21H26N4O2. The second-order valence-corrected chi connectivity index (χ2v) is 8.07. The van der Waals surface area contributed by atoms with Crippen molar-refractivity contribution < 1.29 is 9.84 Å². The van der Waals surface area contributed by atoms with Gasteiger partial charge in [0.2, 0.25) is 0 Å². The van der Waals surface area contributed by atoms with Crippen LogP contribution in [0.4, 0.5) is 5.82 Å². The van der Waals surface area contributed by atoms with Crippen molar-refractivity contribution in [3.63, 3.8) is 0 Å². The molecule has 6 heteroatoms. The fraction of sp³-hybridized carbons (Fsp3) is 0.429. The maximum Gasteiger partial charge on any atom is 0.130 e. The number of benzene rings is 1. The van der Waals surface area contributed by atoms with E-state index in [9.17, 15) is 5.11 Å². The summed E-state index contributed by atoms with van der Waals surface area (Å²) < 4.78 is 7.75. The maximum absolute atomic E-state index is 10.1. The van der Waals surface area contributed by atoms with Gasteiger partial charge in [0.05, 0.1) is 29.1 Å². The number of nitrogens with zero attached hydrogens (tertiary/aromatic N) is 4. The summed E-state index contributed by atoms with van der Waals surface area (Å²) in [5.41, 5.74) is 1.31. The number of anilines is 1. The molecule has 3 heterocycles. The Morgan fingerprint density at radius 3 is 2.67 bits per heavy atom. The third-order valence-corrected chi connectivity index (χ3v) is 5.09. The summed E-state index contributed by atoms with van der Waals surface area (Å²) in [5.74, 6) is 2.01. The van der Waals surface area contributed by atoms with E-state index in [1.807, 2.05) is 75.1 Å². The summed E-state index contributed by atoms with van der Waals surface area (Å²) in [6, 6.07) is 10.0. The minimum atomic E-state index is -0.654. The van der Waals surface area contributed by atoms with Gasteiger partial charge in [-0.05, 0) is 45.9 Å². The first-order valence-corrected chi connectivity index (χ1v) is 9.39. The molecule has 4 rings (SSSR count). The molecule has 1 fully saturated rings. The largest absolute Gasteiger partial charge is 0.491 e. The summed E-state index contributed by atoms with van der Waals surface area (Å²) in [6.07, 6.45) is 3.80. The van der Waals surface area contributed by atoms with Crippen molar-refractivity contribution in [3.05, 3.63) is 42.7 Å². The number of pyridine rings is 1. The minimum Gasteiger partial charge on any atom is -0.491 e. The van der Waals surface area contributed by atoms with Crippen LogP contribution in [0, 0.1) is 5.92 Å². The van der Waals surface area contributed by atoms with Crippen molar-refractivity contribution >= 4 is 16.7 Å². The lowest BCUT2D eigenvalue weighted by Crippen LogP contribution is -2.56. The van der Waals surface area contributed by atoms with E-state index in [4.69, 9.17) is 4.74 Å². The lowest BCUT2D eigenvalue weighted by molar-refractivity contribution is 0.00439. The Balaban J connectivity index is 1.62. The molecule has 0 spiro atoms. The fourth-order valence-corrected chi connectivity index (χ4v) is 3.37. The minimum absolute atomic E-state index is 0.126. The molecule has 1 saturated heterocycles. The number of aromatic nitrogens is 3. The molecule has 0 aliphatic carbocycles. The lowest BCUT2D eigenvalue weighted by Gasteiger charge is -2.45. The molecular weight excluding hydrogens is 340 g/mol. The Hall–Kier alpha value is -2.60. The number of aliphatic hydroxyl groups is 1. The van der Waals surface area contributed by atoms with Crippen molar-refractivity contribution in [3.8, 4) is 11.4 Å². The molecule has 1 aliphatic heterocycles. The SMILES string of the molecule is CC(C)Oc1ccc2cnn(-c3ccnc(N4CC(C(C)(C)O)C4)c3)c2c1. The number of fused-ring (bicyclic) bond motifs is 1. The normalized spacial score (nSPS) is 15.4. The summed E-state index contributed by atoms with van der Waals surface area (Å²) >= 11 is 0. The molecule has 0 unspecified atom stereocenters. The van der Waals surface area contributed by atoms with Gasteiger partial charge >= 0.3 is 0 Å². The Morgan fingerprint density at radius 1 is 1.19 bits per heavy atom. The molecule has 6 nitrogen and oxygen atoms in total. The predicted octanol–water partition coefficient (Wildman–Crippen LogP) is 3.41. The van der Waals surface area contributed by atoms with Crippen molar-refractivity contribution in [2.24, 2.45) is 5.92 Å². The van der Waals surface area contributed by atoms with E-state index in [1.54, 1.807) is 0 Å². The number of hydrogen-bond donors (Lipinski definition) is 1. The van der Waals surface area contributed by atoms with Crippen LogP contribution in [0.3, 0.4) is 0 Å². The molecule has 1 aromatic carbocycles. The van der Waals surface area contributed by atoms with Gasteiger partial charge in [-0.2, -0.15) is 5.10 Å². The number of hydrogen-bond acceptors (Lipinski definition) is 5. The van der Waals surface area contributed by atoms with Gasteiger partial charge in [0.1, 0.15) is 11.6 Å². The van der Waals surface area contributed by atoms with E-state index in [0.29, 0.717) is 0 Å². The van der Waals surface area contributed by atoms with Gasteiger partial charge in [-0.25, -0.2) is 9.67 Å². The second kappa shape index (κ2) is 6.53. The quantitative estimate of drug-likeness (QED) is 0.750. The van der Waals surface area contributed by atoms with E-state index in [-0.39, 0.29) is 12.0 Å². The maximum atomic E-state index is 10.1. The zero-order valence-electron chi connectivity index (χ0n) is 16.3. The molecule has 27 heavy (non-hydrogen) atoms. The first-order chi connectivity index (χ1) is 12.8. The summed E-state index contributed by atoms with van der Waals surface area (Å²) in [4.78, 5) is 6.69. The topological polar surface area (TPSA) is 63.4 Å². The third-order valence-electron chi connectivity index (χ3n) is 5.09. The zero-order chi connectivity index (χ0) is 19.2. The van der Waals surface area contributed by atoms with Crippen molar-refractivity contribution in [2.75, 3.05) is 18.0 Å². The first kappa shape index (κ1) is 17.8. The molecule has 0 saturated carbocycles. The van der Waals surface area contributed by atoms with Crippen LogP contribution in [0.5, 0.6) is 5.75 Å². The van der Waals surface area contributed by atoms with Crippen LogP contribution >= 0.6 is 0 Å². The molecule has 1 N–H and O–H groups in total. The zero-order valence-corrected chi connectivity index (χ0v) is 16.3. The molecule has 2 aromatic heterocycles. The predicted molar refractivity (Wildman–Crippen MR) is 107 cm³/mol. The summed E-state index contributed by atoms with van der Waals surface area (Å²) in [7, 11) is 0.